The van der Waals surface area contributed by atoms with Gasteiger partial charge in [-0.15, -0.1) is 0 Å². The third-order valence-corrected chi connectivity index (χ3v) is 4.02. The van der Waals surface area contributed by atoms with Crippen LogP contribution in [0.4, 0.5) is 0 Å². The fraction of sp³-hybridized carbons (Fsp3) is 0.250. The summed E-state index contributed by atoms with van der Waals surface area (Å²) in [5, 5.41) is 3.77. The Kier molecular flexibility index (Phi) is 5.46. The molecule has 0 heterocycles. The molecule has 0 radical (unpaired) electrons. The molecule has 2 nitrogen and oxygen atoms in total. The van der Waals surface area contributed by atoms with E-state index in [0.29, 0.717) is 11.6 Å². The Bertz CT molecular complexity index is 601. The zero-order valence-corrected chi connectivity index (χ0v) is 13.9. The number of ether oxygens (including phenoxy) is 1. The first-order chi connectivity index (χ1) is 9.60. The number of benzene rings is 2. The zero-order valence-electron chi connectivity index (χ0n) is 11.5. The predicted octanol–water partition coefficient (Wildman–Crippen LogP) is 4.71. The van der Waals surface area contributed by atoms with E-state index in [1.807, 2.05) is 32.2 Å². The molecule has 0 saturated carbocycles. The van der Waals surface area contributed by atoms with Crippen LogP contribution in [-0.2, 0) is 13.2 Å². The molecule has 0 aliphatic rings. The SMILES string of the molecule is CNCc1ccc(COc2cc(C)ccc2Cl)c(Br)c1. The number of rotatable bonds is 5. The van der Waals surface area contributed by atoms with E-state index in [0.717, 1.165) is 27.9 Å². The number of nitrogens with one attached hydrogen (secondary N) is 1. The monoisotopic (exact) mass is 353 g/mol. The van der Waals surface area contributed by atoms with Gasteiger partial charge in [0, 0.05) is 16.6 Å². The third kappa shape index (κ3) is 3.98. The molecule has 0 aromatic heterocycles. The van der Waals surface area contributed by atoms with Gasteiger partial charge in [0.1, 0.15) is 12.4 Å². The van der Waals surface area contributed by atoms with Gasteiger partial charge in [0.2, 0.25) is 0 Å². The van der Waals surface area contributed by atoms with E-state index in [4.69, 9.17) is 16.3 Å². The Morgan fingerprint density at radius 2 is 2.00 bits per heavy atom. The molecule has 2 rings (SSSR count). The van der Waals surface area contributed by atoms with Crippen molar-refractivity contribution in [2.24, 2.45) is 0 Å². The lowest BCUT2D eigenvalue weighted by Gasteiger charge is -2.11. The molecule has 106 valence electrons. The summed E-state index contributed by atoms with van der Waals surface area (Å²) < 4.78 is 6.86. The Balaban J connectivity index is 2.09. The summed E-state index contributed by atoms with van der Waals surface area (Å²) in [4.78, 5) is 0. The van der Waals surface area contributed by atoms with E-state index < -0.39 is 0 Å². The predicted molar refractivity (Wildman–Crippen MR) is 87.4 cm³/mol. The minimum atomic E-state index is 0.490. The summed E-state index contributed by atoms with van der Waals surface area (Å²) in [6.07, 6.45) is 0. The van der Waals surface area contributed by atoms with E-state index in [1.54, 1.807) is 0 Å². The molecule has 0 amide bonds. The quantitative estimate of drug-likeness (QED) is 0.839. The summed E-state index contributed by atoms with van der Waals surface area (Å²) >= 11 is 9.71. The van der Waals surface area contributed by atoms with Crippen molar-refractivity contribution in [1.82, 2.24) is 5.32 Å². The number of aryl methyl sites for hydroxylation is 1. The average Bonchev–Trinajstić information content (AvgIpc) is 2.42. The van der Waals surface area contributed by atoms with Gasteiger partial charge >= 0.3 is 0 Å². The summed E-state index contributed by atoms with van der Waals surface area (Å²) in [5.41, 5.74) is 3.46. The Hall–Kier alpha value is -1.03. The summed E-state index contributed by atoms with van der Waals surface area (Å²) in [7, 11) is 1.94. The van der Waals surface area contributed by atoms with Crippen LogP contribution < -0.4 is 10.1 Å². The highest BCUT2D eigenvalue weighted by molar-refractivity contribution is 9.10. The van der Waals surface area contributed by atoms with Gasteiger partial charge in [0.05, 0.1) is 5.02 Å². The van der Waals surface area contributed by atoms with Crippen LogP contribution >= 0.6 is 27.5 Å². The van der Waals surface area contributed by atoms with Gasteiger partial charge in [0.25, 0.3) is 0 Å². The van der Waals surface area contributed by atoms with E-state index >= 15 is 0 Å². The van der Waals surface area contributed by atoms with Crippen molar-refractivity contribution < 1.29 is 4.74 Å². The fourth-order valence-corrected chi connectivity index (χ4v) is 2.61. The summed E-state index contributed by atoms with van der Waals surface area (Å²) in [6.45, 7) is 3.36. The number of hydrogen-bond acceptors (Lipinski definition) is 2. The van der Waals surface area contributed by atoms with Gasteiger partial charge in [-0.3, -0.25) is 0 Å². The van der Waals surface area contributed by atoms with Crippen LogP contribution in [0.2, 0.25) is 5.02 Å². The second kappa shape index (κ2) is 7.11. The molecular formula is C16H17BrClNO. The molecule has 0 aliphatic carbocycles. The Labute approximate surface area is 133 Å². The van der Waals surface area contributed by atoms with E-state index in [9.17, 15) is 0 Å². The molecule has 2 aromatic carbocycles. The first-order valence-electron chi connectivity index (χ1n) is 6.41. The van der Waals surface area contributed by atoms with Crippen molar-refractivity contribution in [2.45, 2.75) is 20.1 Å². The molecule has 0 unspecified atom stereocenters. The first-order valence-corrected chi connectivity index (χ1v) is 7.58. The molecular weight excluding hydrogens is 338 g/mol. The third-order valence-electron chi connectivity index (χ3n) is 2.97. The molecule has 0 fully saturated rings. The van der Waals surface area contributed by atoms with E-state index in [1.165, 1.54) is 5.56 Å². The minimum absolute atomic E-state index is 0.490. The van der Waals surface area contributed by atoms with Crippen LogP contribution in [0.5, 0.6) is 5.75 Å². The van der Waals surface area contributed by atoms with Crippen molar-refractivity contribution in [3.05, 3.63) is 62.6 Å². The maximum absolute atomic E-state index is 6.12. The van der Waals surface area contributed by atoms with E-state index in [2.05, 4.69) is 39.4 Å². The smallest absolute Gasteiger partial charge is 0.138 e. The zero-order chi connectivity index (χ0) is 14.5. The van der Waals surface area contributed by atoms with Crippen LogP contribution in [0.1, 0.15) is 16.7 Å². The Morgan fingerprint density at radius 1 is 1.20 bits per heavy atom. The van der Waals surface area contributed by atoms with Crippen molar-refractivity contribution in [1.29, 1.82) is 0 Å². The highest BCUT2D eigenvalue weighted by Crippen LogP contribution is 2.27. The lowest BCUT2D eigenvalue weighted by molar-refractivity contribution is 0.305. The fourth-order valence-electron chi connectivity index (χ4n) is 1.90. The van der Waals surface area contributed by atoms with E-state index in [-0.39, 0.29) is 0 Å². The standard InChI is InChI=1S/C16H17BrClNO/c1-11-3-6-15(18)16(7-11)20-10-13-5-4-12(9-19-2)8-14(13)17/h3-8,19H,9-10H2,1-2H3. The second-order valence-electron chi connectivity index (χ2n) is 4.68. The molecule has 20 heavy (non-hydrogen) atoms. The van der Waals surface area contributed by atoms with Gasteiger partial charge in [-0.2, -0.15) is 0 Å². The van der Waals surface area contributed by atoms with Crippen molar-refractivity contribution in [3.8, 4) is 5.75 Å². The second-order valence-corrected chi connectivity index (χ2v) is 5.94. The van der Waals surface area contributed by atoms with Crippen molar-refractivity contribution >= 4 is 27.5 Å². The maximum atomic E-state index is 6.12. The molecule has 0 spiro atoms. The lowest BCUT2D eigenvalue weighted by Crippen LogP contribution is -2.05. The molecule has 4 heteroatoms. The van der Waals surface area contributed by atoms with Crippen LogP contribution in [0.15, 0.2) is 40.9 Å². The molecule has 0 saturated heterocycles. The van der Waals surface area contributed by atoms with Crippen molar-refractivity contribution in [3.63, 3.8) is 0 Å². The maximum Gasteiger partial charge on any atom is 0.138 e. The largest absolute Gasteiger partial charge is 0.487 e. The first kappa shape index (κ1) is 15.4. The average molecular weight is 355 g/mol. The van der Waals surface area contributed by atoms with Gasteiger partial charge < -0.3 is 10.1 Å². The molecule has 1 N–H and O–H groups in total. The van der Waals surface area contributed by atoms with Crippen LogP contribution in [0, 0.1) is 6.92 Å². The molecule has 0 aliphatic heterocycles. The van der Waals surface area contributed by atoms with Gasteiger partial charge in [-0.05, 0) is 43.3 Å². The van der Waals surface area contributed by atoms with Gasteiger partial charge in [-0.25, -0.2) is 0 Å². The molecule has 0 atom stereocenters. The summed E-state index contributed by atoms with van der Waals surface area (Å²) in [5.74, 6) is 0.720. The van der Waals surface area contributed by atoms with Gasteiger partial charge in [-0.1, -0.05) is 45.7 Å². The minimum Gasteiger partial charge on any atom is -0.487 e. The van der Waals surface area contributed by atoms with Crippen LogP contribution in [0.25, 0.3) is 0 Å². The summed E-state index contributed by atoms with van der Waals surface area (Å²) in [6, 6.07) is 12.0. The topological polar surface area (TPSA) is 21.3 Å². The number of hydrogen-bond donors (Lipinski definition) is 1. The van der Waals surface area contributed by atoms with Crippen LogP contribution in [-0.4, -0.2) is 7.05 Å². The number of halogens is 2. The van der Waals surface area contributed by atoms with Crippen LogP contribution in [0.3, 0.4) is 0 Å². The molecule has 2 aromatic rings. The molecule has 0 bridgehead atoms. The highest BCUT2D eigenvalue weighted by Gasteiger charge is 2.05. The van der Waals surface area contributed by atoms with Gasteiger partial charge in [0.15, 0.2) is 0 Å². The Morgan fingerprint density at radius 3 is 2.70 bits per heavy atom. The normalized spacial score (nSPS) is 10.6. The highest BCUT2D eigenvalue weighted by atomic mass is 79.9. The lowest BCUT2D eigenvalue weighted by atomic mass is 10.1. The van der Waals surface area contributed by atoms with Crippen molar-refractivity contribution in [2.75, 3.05) is 7.05 Å².